The van der Waals surface area contributed by atoms with Crippen molar-refractivity contribution in [3.05, 3.63) is 0 Å². The number of nitrogens with one attached hydrogen (secondary N) is 1. The van der Waals surface area contributed by atoms with Gasteiger partial charge in [-0.15, -0.1) is 0 Å². The van der Waals surface area contributed by atoms with E-state index in [2.05, 4.69) is 26.1 Å². The Morgan fingerprint density at radius 2 is 1.69 bits per heavy atom. The predicted molar refractivity (Wildman–Crippen MR) is 105 cm³/mol. The molecule has 2 N–H and O–H groups in total. The van der Waals surface area contributed by atoms with Crippen LogP contribution in [0.3, 0.4) is 0 Å². The predicted octanol–water partition coefficient (Wildman–Crippen LogP) is 4.53. The van der Waals surface area contributed by atoms with Gasteiger partial charge in [0.2, 0.25) is 5.91 Å². The van der Waals surface area contributed by atoms with Crippen molar-refractivity contribution in [2.24, 2.45) is 40.4 Å². The van der Waals surface area contributed by atoms with Gasteiger partial charge in [0, 0.05) is 13.0 Å². The highest BCUT2D eigenvalue weighted by Gasteiger charge is 2.60. The zero-order valence-corrected chi connectivity index (χ0v) is 17.3. The molecule has 0 radical (unpaired) electrons. The van der Waals surface area contributed by atoms with Crippen LogP contribution in [0.2, 0.25) is 0 Å². The first-order valence-electron chi connectivity index (χ1n) is 11.2. The van der Waals surface area contributed by atoms with E-state index in [4.69, 9.17) is 0 Å². The molecule has 0 aromatic heterocycles. The maximum atomic E-state index is 11.6. The third kappa shape index (κ3) is 2.75. The molecule has 4 saturated carbocycles. The van der Waals surface area contributed by atoms with Gasteiger partial charge in [-0.2, -0.15) is 0 Å². The van der Waals surface area contributed by atoms with Gasteiger partial charge < -0.3 is 10.4 Å². The summed E-state index contributed by atoms with van der Waals surface area (Å²) in [4.78, 5) is 11.6. The van der Waals surface area contributed by atoms with Crippen LogP contribution >= 0.6 is 0 Å². The number of aliphatic hydroxyl groups excluding tert-OH is 1. The number of carbonyl (C=O) groups excluding carboxylic acids is 1. The van der Waals surface area contributed by atoms with Crippen LogP contribution < -0.4 is 5.32 Å². The normalized spacial score (nSPS) is 51.7. The number of carbonyl (C=O) groups is 1. The summed E-state index contributed by atoms with van der Waals surface area (Å²) in [6.07, 6.45) is 11.3. The minimum absolute atomic E-state index is 0.0483. The Labute approximate surface area is 159 Å². The molecule has 3 heteroatoms. The van der Waals surface area contributed by atoms with Gasteiger partial charge in [0.15, 0.2) is 0 Å². The van der Waals surface area contributed by atoms with Crippen LogP contribution in [0.1, 0.15) is 85.5 Å². The van der Waals surface area contributed by atoms with Gasteiger partial charge in [0.05, 0.1) is 6.10 Å². The Kier molecular flexibility index (Phi) is 4.69. The van der Waals surface area contributed by atoms with E-state index in [1.54, 1.807) is 6.92 Å². The summed E-state index contributed by atoms with van der Waals surface area (Å²) in [7, 11) is 0. The molecule has 0 heterocycles. The highest BCUT2D eigenvalue weighted by atomic mass is 16.3. The van der Waals surface area contributed by atoms with E-state index >= 15 is 0 Å². The fourth-order valence-electron chi connectivity index (χ4n) is 8.52. The number of amides is 1. The topological polar surface area (TPSA) is 49.3 Å². The molecule has 4 aliphatic rings. The van der Waals surface area contributed by atoms with Crippen LogP contribution in [0.15, 0.2) is 0 Å². The van der Waals surface area contributed by atoms with Gasteiger partial charge in [-0.3, -0.25) is 4.79 Å². The van der Waals surface area contributed by atoms with E-state index in [9.17, 15) is 9.90 Å². The molecular weight excluding hydrogens is 322 g/mol. The van der Waals surface area contributed by atoms with E-state index in [0.717, 1.165) is 36.5 Å². The lowest BCUT2D eigenvalue weighted by Crippen LogP contribution is -2.55. The molecule has 4 rings (SSSR count). The zero-order chi connectivity index (χ0) is 18.7. The smallest absolute Gasteiger partial charge is 0.217 e. The maximum Gasteiger partial charge on any atom is 0.217 e. The van der Waals surface area contributed by atoms with Crippen LogP contribution in [0.5, 0.6) is 0 Å². The highest BCUT2D eigenvalue weighted by molar-refractivity contribution is 5.73. The molecule has 9 atom stereocenters. The van der Waals surface area contributed by atoms with Crippen LogP contribution in [-0.4, -0.2) is 23.2 Å². The fraction of sp³-hybridized carbons (Fsp3) is 0.957. The average Bonchev–Trinajstić information content (AvgIpc) is 2.92. The summed E-state index contributed by atoms with van der Waals surface area (Å²) < 4.78 is 0. The lowest BCUT2D eigenvalue weighted by molar-refractivity contribution is -0.129. The standard InChI is InChI=1S/C23H39NO2/c1-14(24-15(2)25)19-7-8-20-18-6-5-16-13-17(26)9-11-22(16,3)21(18)10-12-23(19,20)4/h14,16-21,26H,5-13H2,1-4H3,(H,24,25)/t14-,16-,17-,18-,19+,20+,21+,22-,23+/m0/s1. The Balaban J connectivity index is 1.55. The molecule has 3 nitrogen and oxygen atoms in total. The van der Waals surface area contributed by atoms with E-state index < -0.39 is 0 Å². The third-order valence-corrected chi connectivity index (χ3v) is 9.75. The molecule has 26 heavy (non-hydrogen) atoms. The van der Waals surface area contributed by atoms with E-state index in [1.165, 1.54) is 44.9 Å². The first-order chi connectivity index (χ1) is 12.3. The molecule has 0 unspecified atom stereocenters. The second-order valence-electron chi connectivity index (χ2n) is 10.8. The Morgan fingerprint density at radius 3 is 2.42 bits per heavy atom. The number of rotatable bonds is 2. The minimum Gasteiger partial charge on any atom is -0.393 e. The lowest BCUT2D eigenvalue weighted by Gasteiger charge is -2.61. The first kappa shape index (κ1) is 18.8. The van der Waals surface area contributed by atoms with Gasteiger partial charge in [-0.1, -0.05) is 13.8 Å². The fourth-order valence-corrected chi connectivity index (χ4v) is 8.52. The summed E-state index contributed by atoms with van der Waals surface area (Å²) in [5.74, 6) is 4.07. The lowest BCUT2D eigenvalue weighted by atomic mass is 9.44. The van der Waals surface area contributed by atoms with Crippen molar-refractivity contribution in [1.29, 1.82) is 0 Å². The molecular formula is C23H39NO2. The summed E-state index contributed by atoms with van der Waals surface area (Å²) in [6, 6.07) is 0.302. The molecule has 0 aliphatic heterocycles. The summed E-state index contributed by atoms with van der Waals surface area (Å²) in [5, 5.41) is 13.4. The zero-order valence-electron chi connectivity index (χ0n) is 17.3. The first-order valence-corrected chi connectivity index (χ1v) is 11.2. The summed E-state index contributed by atoms with van der Waals surface area (Å²) in [5.41, 5.74) is 0.866. The Morgan fingerprint density at radius 1 is 1.00 bits per heavy atom. The average molecular weight is 362 g/mol. The van der Waals surface area contributed by atoms with Crippen molar-refractivity contribution in [2.75, 3.05) is 0 Å². The van der Waals surface area contributed by atoms with Crippen molar-refractivity contribution in [3.8, 4) is 0 Å². The van der Waals surface area contributed by atoms with Crippen molar-refractivity contribution < 1.29 is 9.90 Å². The van der Waals surface area contributed by atoms with E-state index in [1.807, 2.05) is 0 Å². The van der Waals surface area contributed by atoms with Crippen LogP contribution in [0.4, 0.5) is 0 Å². The van der Waals surface area contributed by atoms with Crippen molar-refractivity contribution in [1.82, 2.24) is 5.32 Å². The quantitative estimate of drug-likeness (QED) is 0.759. The summed E-state index contributed by atoms with van der Waals surface area (Å²) in [6.45, 7) is 8.99. The molecule has 0 spiro atoms. The maximum absolute atomic E-state index is 11.6. The second kappa shape index (κ2) is 6.50. The monoisotopic (exact) mass is 361 g/mol. The molecule has 0 aromatic rings. The van der Waals surface area contributed by atoms with Gasteiger partial charge in [0.25, 0.3) is 0 Å². The Hall–Kier alpha value is -0.570. The van der Waals surface area contributed by atoms with Crippen molar-refractivity contribution in [2.45, 2.75) is 97.6 Å². The summed E-state index contributed by atoms with van der Waals surface area (Å²) >= 11 is 0. The minimum atomic E-state index is -0.0483. The molecule has 0 aromatic carbocycles. The van der Waals surface area contributed by atoms with Crippen molar-refractivity contribution >= 4 is 5.91 Å². The molecule has 4 fully saturated rings. The van der Waals surface area contributed by atoms with Gasteiger partial charge in [0.1, 0.15) is 0 Å². The number of aliphatic hydroxyl groups is 1. The highest BCUT2D eigenvalue weighted by Crippen LogP contribution is 2.67. The van der Waals surface area contributed by atoms with Crippen LogP contribution in [0.25, 0.3) is 0 Å². The third-order valence-electron chi connectivity index (χ3n) is 9.75. The molecule has 148 valence electrons. The Bertz CT molecular complexity index is 562. The molecule has 0 saturated heterocycles. The number of hydrogen-bond acceptors (Lipinski definition) is 2. The SMILES string of the molecule is CC(=O)N[C@@H](C)[C@H]1CC[C@@H]2[C@@H]3CC[C@H]4C[C@@H](O)CC[C@]4(C)[C@@H]3CC[C@@]21C. The number of hydrogen-bond donors (Lipinski definition) is 2. The molecule has 1 amide bonds. The number of fused-ring (bicyclic) bond motifs is 5. The van der Waals surface area contributed by atoms with Crippen molar-refractivity contribution in [3.63, 3.8) is 0 Å². The van der Waals surface area contributed by atoms with E-state index in [0.29, 0.717) is 22.8 Å². The van der Waals surface area contributed by atoms with E-state index in [-0.39, 0.29) is 12.0 Å². The van der Waals surface area contributed by atoms with Gasteiger partial charge in [-0.05, 0) is 105 Å². The van der Waals surface area contributed by atoms with Crippen LogP contribution in [-0.2, 0) is 4.79 Å². The molecule has 0 bridgehead atoms. The molecule has 4 aliphatic carbocycles. The largest absolute Gasteiger partial charge is 0.393 e. The van der Waals surface area contributed by atoms with Gasteiger partial charge >= 0.3 is 0 Å². The van der Waals surface area contributed by atoms with Crippen LogP contribution in [0, 0.1) is 40.4 Å². The second-order valence-corrected chi connectivity index (χ2v) is 10.8. The van der Waals surface area contributed by atoms with Gasteiger partial charge in [-0.25, -0.2) is 0 Å².